The van der Waals surface area contributed by atoms with E-state index in [1.807, 2.05) is 36.4 Å². The normalized spacial score (nSPS) is 27.4. The molecule has 0 aromatic heterocycles. The van der Waals surface area contributed by atoms with Crippen molar-refractivity contribution in [2.24, 2.45) is 0 Å². The lowest BCUT2D eigenvalue weighted by Crippen LogP contribution is -2.33. The van der Waals surface area contributed by atoms with E-state index in [0.717, 1.165) is 18.4 Å². The number of hydrogen-bond acceptors (Lipinski definition) is 3. The highest BCUT2D eigenvalue weighted by Gasteiger charge is 2.30. The lowest BCUT2D eigenvalue weighted by Gasteiger charge is -2.34. The fraction of sp³-hybridized carbons (Fsp3) is 0.400. The van der Waals surface area contributed by atoms with Gasteiger partial charge in [-0.2, -0.15) is 5.26 Å². The zero-order valence-corrected chi connectivity index (χ0v) is 10.3. The molecule has 1 saturated heterocycles. The number of hydrogen-bond donors (Lipinski definition) is 0. The van der Waals surface area contributed by atoms with E-state index in [-0.39, 0.29) is 18.5 Å². The Balaban J connectivity index is 2.10. The summed E-state index contributed by atoms with van der Waals surface area (Å²) in [6.07, 6.45) is 3.45. The van der Waals surface area contributed by atoms with Crippen LogP contribution < -0.4 is 0 Å². The highest BCUT2D eigenvalue weighted by Crippen LogP contribution is 2.32. The number of rotatable bonds is 4. The minimum atomic E-state index is -0.372. The van der Waals surface area contributed by atoms with E-state index in [0.29, 0.717) is 6.42 Å². The summed E-state index contributed by atoms with van der Waals surface area (Å²) in [5, 5.41) is 8.80. The van der Waals surface area contributed by atoms with Crippen molar-refractivity contribution in [1.82, 2.24) is 0 Å². The Morgan fingerprint density at radius 1 is 1.28 bits per heavy atom. The number of benzene rings is 1. The van der Waals surface area contributed by atoms with Crippen molar-refractivity contribution in [2.45, 2.75) is 37.8 Å². The van der Waals surface area contributed by atoms with E-state index in [2.05, 4.69) is 12.6 Å². The fourth-order valence-electron chi connectivity index (χ4n) is 2.12. The lowest BCUT2D eigenvalue weighted by atomic mass is 10.0. The number of ether oxygens (including phenoxy) is 2. The van der Waals surface area contributed by atoms with E-state index in [9.17, 15) is 0 Å². The summed E-state index contributed by atoms with van der Waals surface area (Å²) < 4.78 is 11.7. The Kier molecular flexibility index (Phi) is 4.52. The molecule has 0 amide bonds. The molecule has 0 saturated carbocycles. The van der Waals surface area contributed by atoms with E-state index < -0.39 is 0 Å². The van der Waals surface area contributed by atoms with Crippen molar-refractivity contribution in [2.75, 3.05) is 0 Å². The maximum absolute atomic E-state index is 8.80. The maximum atomic E-state index is 8.80. The first kappa shape index (κ1) is 12.8. The van der Waals surface area contributed by atoms with Crippen molar-refractivity contribution in [3.8, 4) is 6.07 Å². The highest BCUT2D eigenvalue weighted by atomic mass is 16.7. The van der Waals surface area contributed by atoms with Gasteiger partial charge in [0, 0.05) is 12.0 Å². The number of nitriles is 1. The van der Waals surface area contributed by atoms with Gasteiger partial charge in [0.25, 0.3) is 0 Å². The van der Waals surface area contributed by atoms with Gasteiger partial charge in [-0.05, 0) is 6.42 Å². The van der Waals surface area contributed by atoms with Crippen LogP contribution in [0.5, 0.6) is 0 Å². The largest absolute Gasteiger partial charge is 0.345 e. The van der Waals surface area contributed by atoms with Gasteiger partial charge >= 0.3 is 0 Å². The standard InChI is InChI=1S/C15H17NO2/c1-2-6-13-11-14(9-10-16)18-15(17-13)12-7-4-3-5-8-12/h2-5,7-8,13-15H,1,6,9,11H2/t13-,14+,15+/m1/s1. The quantitative estimate of drug-likeness (QED) is 0.761. The van der Waals surface area contributed by atoms with Gasteiger partial charge in [0.15, 0.2) is 6.29 Å². The molecule has 1 fully saturated rings. The van der Waals surface area contributed by atoms with Crippen molar-refractivity contribution >= 4 is 0 Å². The first-order valence-corrected chi connectivity index (χ1v) is 6.17. The molecule has 1 aliphatic rings. The summed E-state index contributed by atoms with van der Waals surface area (Å²) in [4.78, 5) is 0. The predicted molar refractivity (Wildman–Crippen MR) is 68.6 cm³/mol. The minimum absolute atomic E-state index is 0.0566. The van der Waals surface area contributed by atoms with Gasteiger partial charge in [-0.15, -0.1) is 6.58 Å². The Hall–Kier alpha value is -1.63. The van der Waals surface area contributed by atoms with Crippen LogP contribution in [0.4, 0.5) is 0 Å². The van der Waals surface area contributed by atoms with Gasteiger partial charge in [0.2, 0.25) is 0 Å². The summed E-state index contributed by atoms with van der Waals surface area (Å²) in [6.45, 7) is 3.74. The van der Waals surface area contributed by atoms with Crippen LogP contribution in [0.1, 0.15) is 31.1 Å². The minimum Gasteiger partial charge on any atom is -0.345 e. The maximum Gasteiger partial charge on any atom is 0.184 e. The Labute approximate surface area is 108 Å². The molecule has 1 aliphatic heterocycles. The van der Waals surface area contributed by atoms with E-state index in [1.165, 1.54) is 0 Å². The van der Waals surface area contributed by atoms with Crippen LogP contribution >= 0.6 is 0 Å². The topological polar surface area (TPSA) is 42.2 Å². The molecule has 0 unspecified atom stereocenters. The van der Waals surface area contributed by atoms with Crippen LogP contribution in [-0.4, -0.2) is 12.2 Å². The third-order valence-corrected chi connectivity index (χ3v) is 2.98. The van der Waals surface area contributed by atoms with Crippen LogP contribution in [-0.2, 0) is 9.47 Å². The second-order valence-electron chi connectivity index (χ2n) is 4.38. The Morgan fingerprint density at radius 3 is 2.67 bits per heavy atom. The van der Waals surface area contributed by atoms with E-state index in [1.54, 1.807) is 0 Å². The molecular weight excluding hydrogens is 226 g/mol. The zero-order valence-electron chi connectivity index (χ0n) is 10.3. The molecule has 2 rings (SSSR count). The summed E-state index contributed by atoms with van der Waals surface area (Å²) >= 11 is 0. The van der Waals surface area contributed by atoms with Gasteiger partial charge in [0.1, 0.15) is 0 Å². The smallest absolute Gasteiger partial charge is 0.184 e. The molecular formula is C15H17NO2. The van der Waals surface area contributed by atoms with Gasteiger partial charge < -0.3 is 9.47 Å². The number of nitrogens with zero attached hydrogens (tertiary/aromatic N) is 1. The predicted octanol–water partition coefficient (Wildman–Crippen LogP) is 3.35. The van der Waals surface area contributed by atoms with Crippen LogP contribution in [0, 0.1) is 11.3 Å². The molecule has 3 atom stereocenters. The van der Waals surface area contributed by atoms with Crippen molar-refractivity contribution in [3.63, 3.8) is 0 Å². The molecule has 1 aromatic carbocycles. The summed E-state index contributed by atoms with van der Waals surface area (Å²) in [6, 6.07) is 12.0. The molecule has 0 N–H and O–H groups in total. The molecule has 1 heterocycles. The van der Waals surface area contributed by atoms with Gasteiger partial charge in [-0.25, -0.2) is 0 Å². The molecule has 0 bridgehead atoms. The lowest BCUT2D eigenvalue weighted by molar-refractivity contribution is -0.245. The van der Waals surface area contributed by atoms with Gasteiger partial charge in [-0.3, -0.25) is 0 Å². The molecule has 18 heavy (non-hydrogen) atoms. The zero-order chi connectivity index (χ0) is 12.8. The SMILES string of the molecule is C=CC[C@@H]1C[C@H](CC#N)O[C@@H](c2ccccc2)O1. The molecule has 0 radical (unpaired) electrons. The first-order valence-electron chi connectivity index (χ1n) is 6.17. The average molecular weight is 243 g/mol. The van der Waals surface area contributed by atoms with E-state index >= 15 is 0 Å². The van der Waals surface area contributed by atoms with Gasteiger partial charge in [0.05, 0.1) is 24.7 Å². The van der Waals surface area contributed by atoms with Crippen LogP contribution in [0.2, 0.25) is 0 Å². The third kappa shape index (κ3) is 3.19. The molecule has 0 spiro atoms. The van der Waals surface area contributed by atoms with Crippen molar-refractivity contribution < 1.29 is 9.47 Å². The highest BCUT2D eigenvalue weighted by molar-refractivity contribution is 5.16. The molecule has 1 aromatic rings. The molecule has 3 nitrogen and oxygen atoms in total. The molecule has 0 aliphatic carbocycles. The Bertz CT molecular complexity index is 424. The Morgan fingerprint density at radius 2 is 2.00 bits per heavy atom. The second kappa shape index (κ2) is 6.34. The summed E-state index contributed by atoms with van der Waals surface area (Å²) in [5.41, 5.74) is 0.995. The summed E-state index contributed by atoms with van der Waals surface area (Å²) in [5.74, 6) is 0. The first-order chi connectivity index (χ1) is 8.83. The molecule has 94 valence electrons. The monoisotopic (exact) mass is 243 g/mol. The second-order valence-corrected chi connectivity index (χ2v) is 4.38. The van der Waals surface area contributed by atoms with Gasteiger partial charge in [-0.1, -0.05) is 36.4 Å². The van der Waals surface area contributed by atoms with Crippen LogP contribution in [0.15, 0.2) is 43.0 Å². The summed E-state index contributed by atoms with van der Waals surface area (Å²) in [7, 11) is 0. The fourth-order valence-corrected chi connectivity index (χ4v) is 2.12. The third-order valence-electron chi connectivity index (χ3n) is 2.98. The van der Waals surface area contributed by atoms with Crippen molar-refractivity contribution in [1.29, 1.82) is 5.26 Å². The average Bonchev–Trinajstić information content (AvgIpc) is 2.40. The van der Waals surface area contributed by atoms with E-state index in [4.69, 9.17) is 14.7 Å². The van der Waals surface area contributed by atoms with Crippen molar-refractivity contribution in [3.05, 3.63) is 48.6 Å². The van der Waals surface area contributed by atoms with Crippen LogP contribution in [0.25, 0.3) is 0 Å². The van der Waals surface area contributed by atoms with Crippen LogP contribution in [0.3, 0.4) is 0 Å². The molecule has 3 heteroatoms.